The molecule has 0 fully saturated rings. The molecule has 0 aliphatic carbocycles. The van der Waals surface area contributed by atoms with Gasteiger partial charge in [-0.25, -0.2) is 0 Å². The van der Waals surface area contributed by atoms with Gasteiger partial charge in [0.15, 0.2) is 11.5 Å². The number of halogens is 3. The highest BCUT2D eigenvalue weighted by molar-refractivity contribution is 7.88. The van der Waals surface area contributed by atoms with Crippen molar-refractivity contribution in [2.45, 2.75) is 57.2 Å². The molecular formula is C22H22F3NO4S. The molecule has 2 aromatic rings. The molecule has 166 valence electrons. The van der Waals surface area contributed by atoms with Gasteiger partial charge >= 0.3 is 15.6 Å². The van der Waals surface area contributed by atoms with Crippen LogP contribution in [0.25, 0.3) is 0 Å². The third-order valence-electron chi connectivity index (χ3n) is 5.21. The Bertz CT molecular complexity index is 1180. The van der Waals surface area contributed by atoms with Gasteiger partial charge in [-0.2, -0.15) is 21.6 Å². The first-order chi connectivity index (χ1) is 14.2. The van der Waals surface area contributed by atoms with E-state index in [4.69, 9.17) is 9.73 Å². The fraction of sp³-hybridized carbons (Fsp3) is 0.409. The van der Waals surface area contributed by atoms with Gasteiger partial charge in [0, 0.05) is 23.1 Å². The zero-order valence-corrected chi connectivity index (χ0v) is 18.3. The van der Waals surface area contributed by atoms with E-state index in [1.165, 1.54) is 6.07 Å². The molecule has 0 saturated carbocycles. The van der Waals surface area contributed by atoms with Crippen molar-refractivity contribution in [3.63, 3.8) is 0 Å². The highest BCUT2D eigenvalue weighted by Crippen LogP contribution is 2.49. The first kappa shape index (κ1) is 21.7. The quantitative estimate of drug-likeness (QED) is 0.495. The van der Waals surface area contributed by atoms with Crippen LogP contribution < -0.4 is 8.92 Å². The zero-order chi connectivity index (χ0) is 22.8. The second-order valence-corrected chi connectivity index (χ2v) is 10.6. The van der Waals surface area contributed by atoms with Crippen LogP contribution in [0, 0.1) is 0 Å². The molecule has 9 heteroatoms. The van der Waals surface area contributed by atoms with E-state index in [2.05, 4.69) is 4.18 Å². The van der Waals surface area contributed by atoms with E-state index < -0.39 is 32.5 Å². The van der Waals surface area contributed by atoms with Crippen LogP contribution in [0.3, 0.4) is 0 Å². The van der Waals surface area contributed by atoms with Gasteiger partial charge in [0.1, 0.15) is 5.60 Å². The monoisotopic (exact) mass is 453 g/mol. The first-order valence-electron chi connectivity index (χ1n) is 9.73. The fourth-order valence-corrected chi connectivity index (χ4v) is 4.56. The molecule has 0 aromatic heterocycles. The van der Waals surface area contributed by atoms with Gasteiger partial charge in [-0.05, 0) is 45.7 Å². The maximum Gasteiger partial charge on any atom is 0.534 e. The number of hydrogen-bond donors (Lipinski definition) is 0. The normalized spacial score (nSPS) is 19.1. The summed E-state index contributed by atoms with van der Waals surface area (Å²) in [7, 11) is -5.84. The van der Waals surface area contributed by atoms with Gasteiger partial charge in [0.05, 0.1) is 11.3 Å². The van der Waals surface area contributed by atoms with E-state index in [0.717, 1.165) is 11.1 Å². The second-order valence-electron chi connectivity index (χ2n) is 9.05. The van der Waals surface area contributed by atoms with Crippen molar-refractivity contribution in [3.05, 3.63) is 58.7 Å². The molecule has 0 saturated heterocycles. The number of ether oxygens (including phenoxy) is 1. The lowest BCUT2D eigenvalue weighted by Gasteiger charge is -2.31. The molecule has 2 aliphatic rings. The van der Waals surface area contributed by atoms with E-state index >= 15 is 0 Å². The van der Waals surface area contributed by atoms with E-state index in [1.54, 1.807) is 13.8 Å². The van der Waals surface area contributed by atoms with Gasteiger partial charge in [0.2, 0.25) is 0 Å². The van der Waals surface area contributed by atoms with Crippen LogP contribution in [-0.4, -0.2) is 30.8 Å². The molecular weight excluding hydrogens is 431 g/mol. The first-order valence-corrected chi connectivity index (χ1v) is 11.1. The van der Waals surface area contributed by atoms with Crippen molar-refractivity contribution in [2.24, 2.45) is 4.99 Å². The summed E-state index contributed by atoms with van der Waals surface area (Å²) < 4.78 is 72.9. The summed E-state index contributed by atoms with van der Waals surface area (Å²) in [4.78, 5) is 4.92. The summed E-state index contributed by atoms with van der Waals surface area (Å²) in [5.41, 5.74) is -3.22. The molecule has 5 nitrogen and oxygen atoms in total. The minimum atomic E-state index is -5.84. The van der Waals surface area contributed by atoms with Crippen LogP contribution in [0.5, 0.6) is 11.5 Å². The Morgan fingerprint density at radius 1 is 1.06 bits per heavy atom. The maximum absolute atomic E-state index is 13.0. The van der Waals surface area contributed by atoms with Crippen LogP contribution in [0.15, 0.2) is 41.4 Å². The van der Waals surface area contributed by atoms with E-state index in [0.29, 0.717) is 29.7 Å². The van der Waals surface area contributed by atoms with E-state index in [1.807, 2.05) is 44.2 Å². The van der Waals surface area contributed by atoms with E-state index in [9.17, 15) is 21.6 Å². The highest BCUT2D eigenvalue weighted by Gasteiger charge is 2.50. The Balaban J connectivity index is 1.96. The number of benzene rings is 2. The summed E-state index contributed by atoms with van der Waals surface area (Å²) in [6.07, 6.45) is 0.787. The molecule has 0 unspecified atom stereocenters. The Hall–Kier alpha value is -2.55. The van der Waals surface area contributed by atoms with Gasteiger partial charge in [-0.3, -0.25) is 4.99 Å². The van der Waals surface area contributed by atoms with Gasteiger partial charge in [0.25, 0.3) is 0 Å². The lowest BCUT2D eigenvalue weighted by Crippen LogP contribution is -2.31. The Labute approximate surface area is 179 Å². The summed E-state index contributed by atoms with van der Waals surface area (Å²) in [6.45, 7) is 7.40. The van der Waals surface area contributed by atoms with Gasteiger partial charge in [-0.1, -0.05) is 30.3 Å². The van der Waals surface area contributed by atoms with Crippen molar-refractivity contribution in [1.82, 2.24) is 0 Å². The summed E-state index contributed by atoms with van der Waals surface area (Å²) in [5, 5.41) is 0. The summed E-state index contributed by atoms with van der Waals surface area (Å²) >= 11 is 0. The molecule has 2 heterocycles. The largest absolute Gasteiger partial charge is 0.534 e. The molecule has 0 bridgehead atoms. The third-order valence-corrected chi connectivity index (χ3v) is 6.18. The standard InChI is InChI=1S/C22H22F3NO4S/c1-20(2)11-14-10-16(30-31(27,28)22(23,24)25)19-15(12-21(3,4)29-19)17(14)18(26-20)13-8-6-5-7-9-13/h5-10H,11-12H2,1-4H3. The molecule has 31 heavy (non-hydrogen) atoms. The molecule has 0 atom stereocenters. The average molecular weight is 453 g/mol. The molecule has 4 rings (SSSR count). The summed E-state index contributed by atoms with van der Waals surface area (Å²) in [6, 6.07) is 10.8. The van der Waals surface area contributed by atoms with Gasteiger partial charge < -0.3 is 8.92 Å². The number of fused-ring (bicyclic) bond motifs is 3. The molecule has 2 aliphatic heterocycles. The Kier molecular flexibility index (Phi) is 4.70. The van der Waals surface area contributed by atoms with Crippen LogP contribution >= 0.6 is 0 Å². The minimum absolute atomic E-state index is 0.0138. The number of rotatable bonds is 3. The molecule has 0 spiro atoms. The number of nitrogens with zero attached hydrogens (tertiary/aromatic N) is 1. The minimum Gasteiger partial charge on any atom is -0.483 e. The Morgan fingerprint density at radius 2 is 1.71 bits per heavy atom. The number of alkyl halides is 3. The number of aliphatic imine (C=N–C) groups is 1. The van der Waals surface area contributed by atoms with Crippen LogP contribution in [0.1, 0.15) is 49.9 Å². The van der Waals surface area contributed by atoms with Crippen LogP contribution in [0.2, 0.25) is 0 Å². The predicted molar refractivity (Wildman–Crippen MR) is 110 cm³/mol. The smallest absolute Gasteiger partial charge is 0.483 e. The fourth-order valence-electron chi connectivity index (χ4n) is 4.10. The van der Waals surface area contributed by atoms with Crippen molar-refractivity contribution >= 4 is 15.8 Å². The lowest BCUT2D eigenvalue weighted by atomic mass is 9.81. The Morgan fingerprint density at radius 3 is 2.32 bits per heavy atom. The molecule has 0 N–H and O–H groups in total. The topological polar surface area (TPSA) is 65.0 Å². The highest BCUT2D eigenvalue weighted by atomic mass is 32.2. The van der Waals surface area contributed by atoms with Crippen molar-refractivity contribution in [3.8, 4) is 11.5 Å². The van der Waals surface area contributed by atoms with Gasteiger partial charge in [-0.15, -0.1) is 0 Å². The average Bonchev–Trinajstić information content (AvgIpc) is 2.95. The summed E-state index contributed by atoms with van der Waals surface area (Å²) in [5.74, 6) is -0.429. The molecule has 0 radical (unpaired) electrons. The van der Waals surface area contributed by atoms with Crippen molar-refractivity contribution in [1.29, 1.82) is 0 Å². The molecule has 0 amide bonds. The number of hydrogen-bond acceptors (Lipinski definition) is 5. The van der Waals surface area contributed by atoms with Crippen molar-refractivity contribution < 1.29 is 30.5 Å². The zero-order valence-electron chi connectivity index (χ0n) is 17.5. The van der Waals surface area contributed by atoms with E-state index in [-0.39, 0.29) is 5.75 Å². The SMILES string of the molecule is CC1(C)Cc2cc(OS(=O)(=O)C(F)(F)F)c3c(c2C(c2ccccc2)=N1)CC(C)(C)O3. The lowest BCUT2D eigenvalue weighted by molar-refractivity contribution is -0.0500. The second kappa shape index (κ2) is 6.72. The molecule has 2 aromatic carbocycles. The van der Waals surface area contributed by atoms with Crippen molar-refractivity contribution in [2.75, 3.05) is 0 Å². The maximum atomic E-state index is 13.0. The predicted octanol–water partition coefficient (Wildman–Crippen LogP) is 4.80. The van der Waals surface area contributed by atoms with Crippen LogP contribution in [-0.2, 0) is 23.0 Å². The third kappa shape index (κ3) is 3.91. The van der Waals surface area contributed by atoms with Crippen LogP contribution in [0.4, 0.5) is 13.2 Å².